The van der Waals surface area contributed by atoms with Crippen LogP contribution in [0.3, 0.4) is 0 Å². The summed E-state index contributed by atoms with van der Waals surface area (Å²) in [6, 6.07) is 21.9. The number of carbonyl (C=O) groups excluding carboxylic acids is 4. The molecule has 3 aromatic carbocycles. The van der Waals surface area contributed by atoms with Crippen LogP contribution in [0.2, 0.25) is 0 Å². The van der Waals surface area contributed by atoms with E-state index < -0.39 is 101 Å². The van der Waals surface area contributed by atoms with Crippen LogP contribution in [-0.2, 0) is 57.6 Å². The zero-order chi connectivity index (χ0) is 64.2. The van der Waals surface area contributed by atoms with Crippen LogP contribution in [0.5, 0.6) is 0 Å². The van der Waals surface area contributed by atoms with Gasteiger partial charge in [0.1, 0.15) is 18.3 Å². The average Bonchev–Trinajstić information content (AvgIpc) is 1.02. The van der Waals surface area contributed by atoms with Crippen molar-refractivity contribution < 1.29 is 136 Å². The monoisotopic (exact) mass is 1330 g/mol. The molecule has 1 aliphatic rings. The number of amides is 1. The molecular weight excluding hydrogens is 1220 g/mol. The van der Waals surface area contributed by atoms with Gasteiger partial charge in [0.2, 0.25) is 5.91 Å². The summed E-state index contributed by atoms with van der Waals surface area (Å²) in [5.41, 5.74) is 0.126. The topological polar surface area (TPSA) is 254 Å². The van der Waals surface area contributed by atoms with Crippen molar-refractivity contribution in [3.8, 4) is 0 Å². The Morgan fingerprint density at radius 2 is 0.879 bits per heavy atom. The largest absolute Gasteiger partial charge is 1.00 e. The summed E-state index contributed by atoms with van der Waals surface area (Å²) in [7, 11) is -10.8. The molecule has 91 heavy (non-hydrogen) atoms. The number of hydrogen-bond donors (Lipinski definition) is 3. The number of carbonyl (C=O) groups is 4. The van der Waals surface area contributed by atoms with Gasteiger partial charge < -0.3 is 29.0 Å². The summed E-state index contributed by atoms with van der Waals surface area (Å²) in [6.45, 7) is 2.63. The van der Waals surface area contributed by atoms with Gasteiger partial charge in [0.15, 0.2) is 18.5 Å². The van der Waals surface area contributed by atoms with Crippen molar-refractivity contribution in [3.63, 3.8) is 0 Å². The van der Waals surface area contributed by atoms with Crippen molar-refractivity contribution in [3.05, 3.63) is 132 Å². The maximum absolute atomic E-state index is 14.1. The Labute approximate surface area is 588 Å². The van der Waals surface area contributed by atoms with Crippen molar-refractivity contribution in [2.75, 3.05) is 13.2 Å². The number of nitrogens with one attached hydrogen (secondary N) is 1. The number of benzene rings is 3. The Morgan fingerprint density at radius 1 is 0.495 bits per heavy atom. The van der Waals surface area contributed by atoms with Crippen LogP contribution in [0, 0.1) is 0 Å². The maximum Gasteiger partial charge on any atom is 1.00 e. The second-order valence-electron chi connectivity index (χ2n) is 23.2. The summed E-state index contributed by atoms with van der Waals surface area (Å²) in [6.07, 6.45) is 32.1. The molecule has 3 N–H and O–H groups in total. The van der Waals surface area contributed by atoms with Gasteiger partial charge in [-0.05, 0) is 87.4 Å². The molecule has 1 saturated heterocycles. The molecule has 0 spiro atoms. The number of ether oxygens (including phenoxy) is 5. The van der Waals surface area contributed by atoms with Crippen LogP contribution >= 0.6 is 0 Å². The summed E-state index contributed by atoms with van der Waals surface area (Å²) in [5.74, 6) is -3.30. The summed E-state index contributed by atoms with van der Waals surface area (Å²) in [4.78, 5) is 56.0. The van der Waals surface area contributed by atoms with Crippen LogP contribution < -0.4 is 64.4 Å². The molecule has 18 nitrogen and oxygen atoms in total. The van der Waals surface area contributed by atoms with E-state index >= 15 is 0 Å². The molecule has 0 bridgehead atoms. The van der Waals surface area contributed by atoms with Crippen molar-refractivity contribution in [2.45, 2.75) is 262 Å². The van der Waals surface area contributed by atoms with E-state index in [2.05, 4.69) is 35.5 Å². The molecule has 1 heterocycles. The zero-order valence-electron chi connectivity index (χ0n) is 54.9. The summed E-state index contributed by atoms with van der Waals surface area (Å²) in [5, 5.41) is 3.00. The fourth-order valence-electron chi connectivity index (χ4n) is 10.6. The van der Waals surface area contributed by atoms with Crippen molar-refractivity contribution in [2.24, 2.45) is 0 Å². The fourth-order valence-corrected chi connectivity index (χ4v) is 11.5. The number of unbranched alkanes of at least 4 members (excludes halogenated alkanes) is 28. The van der Waals surface area contributed by atoms with Crippen molar-refractivity contribution >= 4 is 44.6 Å². The molecular formula is C69H103NNa2O17S2+2. The predicted octanol–water partition coefficient (Wildman–Crippen LogP) is 9.54. The normalized spacial score (nSPS) is 17.4. The summed E-state index contributed by atoms with van der Waals surface area (Å²) >= 11 is 0. The Balaban J connectivity index is 0.0000141. The van der Waals surface area contributed by atoms with E-state index in [1.807, 2.05) is 6.08 Å². The van der Waals surface area contributed by atoms with Crippen molar-refractivity contribution in [1.29, 1.82) is 0 Å². The minimum atomic E-state index is -5.53. The van der Waals surface area contributed by atoms with E-state index in [-0.39, 0.29) is 82.2 Å². The number of rotatable bonds is 50. The quantitative estimate of drug-likeness (QED) is 0.0119. The Morgan fingerprint density at radius 3 is 1.30 bits per heavy atom. The standard InChI is InChI=1S/C69H103NO17S2.2Na/c1-3-5-7-9-11-13-15-17-18-19-20-21-22-23-24-26-28-30-32-34-45-53-62(71)70-59(60(83-66(72)56-46-38-35-39-47-56)52-44-33-31-29-27-25-16-14-12-10-8-6-4-2)54-81-69-65(86-68(74)58-50-42-37-43-51-58)64(85-67(73)57-48-40-36-41-49-57)63(87-89(78,79)80)61(84-69)55-82-88(75,76)77;;/h17-18,35-44,46-52,59-61,63-65,69H,3-16,19-34,45,53-55H2,1-2H3,(H,70,71)(H,75,76,77)(H,78,79,80);;/q;2*+1/b18-17-,52-44+;;/t59-,60+,61+,63-,64-,65+,69+;;/m0../s1. The molecule has 4 rings (SSSR count). The molecule has 3 aromatic rings. The van der Waals surface area contributed by atoms with E-state index in [1.54, 1.807) is 48.5 Å². The molecule has 1 amide bonds. The smallest absolute Gasteiger partial charge is 0.452 e. The fraction of sp³-hybridized carbons (Fsp3) is 0.623. The number of esters is 3. The van der Waals surface area contributed by atoms with Gasteiger partial charge in [-0.2, -0.15) is 16.8 Å². The minimum Gasteiger partial charge on any atom is -0.452 e. The van der Waals surface area contributed by atoms with Gasteiger partial charge in [0.25, 0.3) is 0 Å². The molecule has 0 saturated carbocycles. The van der Waals surface area contributed by atoms with Gasteiger partial charge in [-0.1, -0.05) is 241 Å². The van der Waals surface area contributed by atoms with E-state index in [1.165, 1.54) is 171 Å². The van der Waals surface area contributed by atoms with Gasteiger partial charge in [-0.25, -0.2) is 22.7 Å². The van der Waals surface area contributed by atoms with Crippen molar-refractivity contribution in [1.82, 2.24) is 5.32 Å². The predicted molar refractivity (Wildman–Crippen MR) is 345 cm³/mol. The van der Waals surface area contributed by atoms with E-state index in [0.717, 1.165) is 64.2 Å². The van der Waals surface area contributed by atoms with E-state index in [0.29, 0.717) is 12.8 Å². The molecule has 0 radical (unpaired) electrons. The van der Waals surface area contributed by atoms with Crippen LogP contribution in [0.15, 0.2) is 115 Å². The first-order valence-corrected chi connectivity index (χ1v) is 35.7. The van der Waals surface area contributed by atoms with Gasteiger partial charge in [0, 0.05) is 6.42 Å². The third kappa shape index (κ3) is 38.7. The van der Waals surface area contributed by atoms with Crippen LogP contribution in [0.4, 0.5) is 0 Å². The maximum atomic E-state index is 14.1. The SMILES string of the molecule is CCCCCCCC/C=C\CCCCCCCCCCCCCC(=O)N[C@@H](CO[C@@H]1O[C@H](COS(=O)(=O)O)[C@H](OS(=O)(=O)O)[C@H](OC(=O)c2ccccc2)[C@H]1OC(=O)c1ccccc1)[C@@H](/C=C/CCCCCCCCCCCCC)OC(=O)c1ccccc1.[Na+].[Na+]. The van der Waals surface area contributed by atoms with Crippen LogP contribution in [0.1, 0.15) is 250 Å². The first-order valence-electron chi connectivity index (χ1n) is 33.0. The third-order valence-electron chi connectivity index (χ3n) is 15.6. The third-order valence-corrected chi connectivity index (χ3v) is 16.5. The number of allylic oxidation sites excluding steroid dienone is 3. The first kappa shape index (κ1) is 83.8. The molecule has 1 aliphatic heterocycles. The van der Waals surface area contributed by atoms with Crippen LogP contribution in [0.25, 0.3) is 0 Å². The summed E-state index contributed by atoms with van der Waals surface area (Å²) < 4.78 is 109. The molecule has 7 atom stereocenters. The average molecular weight is 1330 g/mol. The second kappa shape index (κ2) is 51.0. The molecule has 22 heteroatoms. The molecule has 0 aliphatic carbocycles. The van der Waals surface area contributed by atoms with Gasteiger partial charge in [0.05, 0.1) is 35.9 Å². The Bertz CT molecular complexity index is 2690. The molecule has 1 fully saturated rings. The zero-order valence-corrected chi connectivity index (χ0v) is 60.5. The van der Waals surface area contributed by atoms with Gasteiger partial charge in [-0.15, -0.1) is 0 Å². The van der Waals surface area contributed by atoms with E-state index in [9.17, 15) is 45.1 Å². The molecule has 498 valence electrons. The van der Waals surface area contributed by atoms with Gasteiger partial charge >= 0.3 is 97.8 Å². The molecule has 0 unspecified atom stereocenters. The van der Waals surface area contributed by atoms with Gasteiger partial charge in [-0.3, -0.25) is 13.9 Å². The van der Waals surface area contributed by atoms with Crippen LogP contribution in [-0.4, -0.2) is 106 Å². The second-order valence-corrected chi connectivity index (χ2v) is 25.3. The first-order chi connectivity index (χ1) is 43.1. The Kier molecular flexibility index (Phi) is 47.0. The molecule has 0 aromatic heterocycles. The Hall–Kier alpha value is -3.32. The van der Waals surface area contributed by atoms with E-state index in [4.69, 9.17) is 27.9 Å². The minimum absolute atomic E-state index is 0. The number of hydrogen-bond acceptors (Lipinski definition) is 15.